The first-order valence-corrected chi connectivity index (χ1v) is 7.37. The third kappa shape index (κ3) is 4.70. The molecule has 0 aliphatic heterocycles. The lowest BCUT2D eigenvalue weighted by atomic mass is 10.1. The van der Waals surface area contributed by atoms with Crippen molar-refractivity contribution in [3.8, 4) is 11.6 Å². The van der Waals surface area contributed by atoms with E-state index in [1.54, 1.807) is 37.3 Å². The van der Waals surface area contributed by atoms with E-state index in [1.165, 1.54) is 0 Å². The summed E-state index contributed by atoms with van der Waals surface area (Å²) in [7, 11) is 0. The van der Waals surface area contributed by atoms with Gasteiger partial charge >= 0.3 is 11.8 Å². The van der Waals surface area contributed by atoms with Crippen molar-refractivity contribution < 1.29 is 14.3 Å². The summed E-state index contributed by atoms with van der Waals surface area (Å²) < 4.78 is 10.6. The number of carbonyl (C=O) groups excluding carboxylic acids is 1. The summed E-state index contributed by atoms with van der Waals surface area (Å²) in [6.45, 7) is 11.0. The van der Waals surface area contributed by atoms with Crippen molar-refractivity contribution in [2.75, 3.05) is 6.61 Å². The van der Waals surface area contributed by atoms with Gasteiger partial charge in [-0.2, -0.15) is 0 Å². The highest BCUT2D eigenvalue weighted by Gasteiger charge is 2.12. The van der Waals surface area contributed by atoms with E-state index in [0.717, 1.165) is 11.1 Å². The van der Waals surface area contributed by atoms with E-state index in [0.29, 0.717) is 17.4 Å². The number of esters is 1. The molecule has 0 radical (unpaired) electrons. The number of rotatable bonds is 5. The van der Waals surface area contributed by atoms with Crippen LogP contribution in [0.2, 0.25) is 5.02 Å². The molecule has 1 aromatic heterocycles. The molecule has 0 saturated heterocycles. The Morgan fingerprint density at radius 1 is 1.35 bits per heavy atom. The van der Waals surface area contributed by atoms with Gasteiger partial charge in [0.25, 0.3) is 5.82 Å². The third-order valence-corrected chi connectivity index (χ3v) is 3.22. The smallest absolute Gasteiger partial charge is 0.314 e. The van der Waals surface area contributed by atoms with Crippen molar-refractivity contribution in [3.63, 3.8) is 0 Å². The number of aromatic nitrogens is 1. The molecule has 118 valence electrons. The van der Waals surface area contributed by atoms with Crippen LogP contribution in [0.3, 0.4) is 0 Å². The lowest BCUT2D eigenvalue weighted by Crippen LogP contribution is -2.07. The highest BCUT2D eigenvalue weighted by molar-refractivity contribution is 6.32. The van der Waals surface area contributed by atoms with E-state index in [2.05, 4.69) is 9.83 Å². The van der Waals surface area contributed by atoms with Crippen LogP contribution in [-0.4, -0.2) is 17.6 Å². The lowest BCUT2D eigenvalue weighted by Gasteiger charge is -2.08. The van der Waals surface area contributed by atoms with E-state index in [9.17, 15) is 4.79 Å². The van der Waals surface area contributed by atoms with Gasteiger partial charge in [0, 0.05) is 6.07 Å². The molecule has 0 spiro atoms. The number of aryl methyl sites for hydroxylation is 1. The zero-order valence-corrected chi connectivity index (χ0v) is 13.6. The molecule has 2 aromatic rings. The zero-order valence-electron chi connectivity index (χ0n) is 12.8. The van der Waals surface area contributed by atoms with Crippen molar-refractivity contribution in [3.05, 3.63) is 57.9 Å². The quantitative estimate of drug-likeness (QED) is 0.598. The number of pyridine rings is 1. The van der Waals surface area contributed by atoms with Crippen molar-refractivity contribution in [2.45, 2.75) is 20.3 Å². The molecule has 23 heavy (non-hydrogen) atoms. The number of halogens is 1. The Bertz CT molecular complexity index is 769. The summed E-state index contributed by atoms with van der Waals surface area (Å²) in [6, 6.07) is 8.43. The van der Waals surface area contributed by atoms with Crippen molar-refractivity contribution in [1.29, 1.82) is 0 Å². The topological polar surface area (TPSA) is 52.8 Å². The molecular formula is C17H15ClN2O3. The van der Waals surface area contributed by atoms with Gasteiger partial charge in [-0.3, -0.25) is 4.79 Å². The molecule has 0 aliphatic carbocycles. The first kappa shape index (κ1) is 16.8. The van der Waals surface area contributed by atoms with Crippen LogP contribution >= 0.6 is 11.6 Å². The summed E-state index contributed by atoms with van der Waals surface area (Å²) in [5.41, 5.74) is 1.58. The minimum atomic E-state index is -0.315. The molecule has 0 saturated carbocycles. The van der Waals surface area contributed by atoms with Gasteiger partial charge in [-0.15, -0.1) is 0 Å². The lowest BCUT2D eigenvalue weighted by molar-refractivity contribution is -0.142. The number of carbonyl (C=O) groups is 1. The first-order chi connectivity index (χ1) is 11.0. The fourth-order valence-corrected chi connectivity index (χ4v) is 2.11. The zero-order chi connectivity index (χ0) is 16.8. The number of ether oxygens (including phenoxy) is 2. The standard InChI is InChI=1S/C17H15ClN2O3/c1-4-22-17(21)10-12-5-6-13(18)14(9-12)23-16-8-11(2)7-15(19-3)20-16/h5-9H,4,10H2,1-2H3. The summed E-state index contributed by atoms with van der Waals surface area (Å²) in [4.78, 5) is 18.9. The van der Waals surface area contributed by atoms with Gasteiger partial charge < -0.3 is 14.3 Å². The van der Waals surface area contributed by atoms with E-state index in [4.69, 9.17) is 27.6 Å². The largest absolute Gasteiger partial charge is 0.466 e. The fourth-order valence-electron chi connectivity index (χ4n) is 1.95. The predicted octanol–water partition coefficient (Wildman–Crippen LogP) is 4.49. The number of hydrogen-bond acceptors (Lipinski definition) is 4. The molecule has 0 fully saturated rings. The average Bonchev–Trinajstić information content (AvgIpc) is 2.50. The van der Waals surface area contributed by atoms with Crippen LogP contribution in [0.15, 0.2) is 30.3 Å². The molecule has 5 nitrogen and oxygen atoms in total. The summed E-state index contributed by atoms with van der Waals surface area (Å²) in [5, 5.41) is 0.394. The monoisotopic (exact) mass is 330 g/mol. The maximum atomic E-state index is 11.6. The van der Waals surface area contributed by atoms with Crippen LogP contribution in [-0.2, 0) is 16.0 Å². The Hall–Kier alpha value is -2.58. The summed E-state index contributed by atoms with van der Waals surface area (Å²) >= 11 is 6.13. The van der Waals surface area contributed by atoms with Gasteiger partial charge in [0.2, 0.25) is 0 Å². The predicted molar refractivity (Wildman–Crippen MR) is 87.1 cm³/mol. The van der Waals surface area contributed by atoms with Crippen LogP contribution in [0.1, 0.15) is 18.1 Å². The van der Waals surface area contributed by atoms with E-state index >= 15 is 0 Å². The van der Waals surface area contributed by atoms with Gasteiger partial charge in [0.1, 0.15) is 0 Å². The molecule has 0 unspecified atom stereocenters. The van der Waals surface area contributed by atoms with Crippen LogP contribution in [0.4, 0.5) is 5.82 Å². The van der Waals surface area contributed by atoms with Crippen molar-refractivity contribution >= 4 is 23.4 Å². The van der Waals surface area contributed by atoms with Crippen LogP contribution in [0, 0.1) is 13.5 Å². The van der Waals surface area contributed by atoms with Crippen LogP contribution in [0.5, 0.6) is 11.6 Å². The fraction of sp³-hybridized carbons (Fsp3) is 0.235. The van der Waals surface area contributed by atoms with Gasteiger partial charge in [-0.1, -0.05) is 34.8 Å². The normalized spacial score (nSPS) is 10.0. The molecular weight excluding hydrogens is 316 g/mol. The van der Waals surface area contributed by atoms with E-state index < -0.39 is 0 Å². The highest BCUT2D eigenvalue weighted by Crippen LogP contribution is 2.31. The molecule has 2 rings (SSSR count). The number of benzene rings is 1. The second-order valence-corrected chi connectivity index (χ2v) is 5.21. The Morgan fingerprint density at radius 2 is 2.13 bits per heavy atom. The Balaban J connectivity index is 2.24. The number of nitrogens with zero attached hydrogens (tertiary/aromatic N) is 2. The Kier molecular flexibility index (Phi) is 5.56. The second-order valence-electron chi connectivity index (χ2n) is 4.80. The summed E-state index contributed by atoms with van der Waals surface area (Å²) in [5.74, 6) is 0.595. The summed E-state index contributed by atoms with van der Waals surface area (Å²) in [6.07, 6.45) is 0.135. The average molecular weight is 331 g/mol. The minimum absolute atomic E-state index is 0.135. The van der Waals surface area contributed by atoms with Gasteiger partial charge in [0.15, 0.2) is 5.75 Å². The molecule has 0 amide bonds. The SMILES string of the molecule is [C-]#[N+]c1cc(C)cc(Oc2cc(CC(=O)OCC)ccc2Cl)n1. The molecule has 0 aliphatic rings. The molecule has 0 atom stereocenters. The number of hydrogen-bond donors (Lipinski definition) is 0. The minimum Gasteiger partial charge on any atom is -0.466 e. The van der Waals surface area contributed by atoms with E-state index in [1.807, 2.05) is 6.92 Å². The van der Waals surface area contributed by atoms with Crippen LogP contribution < -0.4 is 4.74 Å². The van der Waals surface area contributed by atoms with Crippen molar-refractivity contribution in [1.82, 2.24) is 4.98 Å². The molecule has 1 aromatic carbocycles. The van der Waals surface area contributed by atoms with E-state index in [-0.39, 0.29) is 24.1 Å². The Morgan fingerprint density at radius 3 is 2.83 bits per heavy atom. The van der Waals surface area contributed by atoms with Gasteiger partial charge in [-0.05, 0) is 37.6 Å². The van der Waals surface area contributed by atoms with Gasteiger partial charge in [-0.25, -0.2) is 0 Å². The van der Waals surface area contributed by atoms with Gasteiger partial charge in [0.05, 0.1) is 18.1 Å². The second kappa shape index (κ2) is 7.61. The van der Waals surface area contributed by atoms with Crippen LogP contribution in [0.25, 0.3) is 4.85 Å². The molecule has 0 N–H and O–H groups in total. The highest BCUT2D eigenvalue weighted by atomic mass is 35.5. The third-order valence-electron chi connectivity index (χ3n) is 2.91. The van der Waals surface area contributed by atoms with Crippen molar-refractivity contribution in [2.24, 2.45) is 0 Å². The molecule has 0 bridgehead atoms. The maximum Gasteiger partial charge on any atom is 0.314 e. The Labute approximate surface area is 139 Å². The first-order valence-electron chi connectivity index (χ1n) is 7.00. The molecule has 6 heteroatoms. The maximum absolute atomic E-state index is 11.6. The molecule has 1 heterocycles.